The van der Waals surface area contributed by atoms with Crippen LogP contribution in [0.4, 0.5) is 0 Å². The molecule has 2 fully saturated rings. The fourth-order valence-corrected chi connectivity index (χ4v) is 5.29. The van der Waals surface area contributed by atoms with Gasteiger partial charge >= 0.3 is 0 Å². The first kappa shape index (κ1) is 39.7. The summed E-state index contributed by atoms with van der Waals surface area (Å²) in [5.41, 5.74) is 0. The first-order valence-corrected chi connectivity index (χ1v) is 16.4. The van der Waals surface area contributed by atoms with Crippen molar-refractivity contribution in [3.8, 4) is 0 Å². The molecule has 2 amide bonds. The number of carbonyl (C=O) groups excluding carboxylic acids is 2. The number of carbonyl (C=O) groups is 2. The van der Waals surface area contributed by atoms with E-state index >= 15 is 0 Å². The van der Waals surface area contributed by atoms with Gasteiger partial charge in [-0.1, -0.05) is 65.2 Å². The molecule has 0 aromatic heterocycles. The molecule has 0 aromatic carbocycles. The van der Waals surface area contributed by atoms with E-state index in [4.69, 9.17) is 18.9 Å². The van der Waals surface area contributed by atoms with Gasteiger partial charge in [0.25, 0.3) is 0 Å². The quantitative estimate of drug-likeness (QED) is 0.0647. The average Bonchev–Trinajstić information content (AvgIpc) is 3.03. The topological polar surface area (TPSA) is 237 Å². The fourth-order valence-electron chi connectivity index (χ4n) is 5.29. The summed E-state index contributed by atoms with van der Waals surface area (Å²) < 4.78 is 22.2. The Morgan fingerprint density at radius 2 is 1.29 bits per heavy atom. The average molecular weight is 653 g/mol. The molecular weight excluding hydrogens is 596 g/mol. The van der Waals surface area contributed by atoms with Crippen LogP contribution in [0.1, 0.15) is 84.5 Å². The zero-order valence-corrected chi connectivity index (χ0v) is 26.5. The highest BCUT2D eigenvalue weighted by Crippen LogP contribution is 2.29. The zero-order chi connectivity index (χ0) is 33.4. The smallest absolute Gasteiger partial charge is 0.244 e. The SMILES string of the molecule is CCCCCCCCNC(=O)C(COC1OC(CO)[C@@H](O[C@@H]2OC(CO)[C@H](O)C(O)C2O)C(O)C1O)NC(=O)CCCCCC. The van der Waals surface area contributed by atoms with Gasteiger partial charge in [0.1, 0.15) is 54.9 Å². The van der Waals surface area contributed by atoms with Gasteiger partial charge in [-0.2, -0.15) is 0 Å². The highest BCUT2D eigenvalue weighted by molar-refractivity contribution is 5.87. The van der Waals surface area contributed by atoms with E-state index in [0.29, 0.717) is 13.0 Å². The van der Waals surface area contributed by atoms with Crippen LogP contribution in [-0.2, 0) is 28.5 Å². The van der Waals surface area contributed by atoms with Crippen LogP contribution >= 0.6 is 0 Å². The molecule has 264 valence electrons. The molecule has 9 N–H and O–H groups in total. The number of ether oxygens (including phenoxy) is 4. The van der Waals surface area contributed by atoms with Gasteiger partial charge in [-0.25, -0.2) is 0 Å². The third-order valence-corrected chi connectivity index (χ3v) is 8.13. The summed E-state index contributed by atoms with van der Waals surface area (Å²) in [7, 11) is 0. The first-order chi connectivity index (χ1) is 21.6. The van der Waals surface area contributed by atoms with Gasteiger partial charge in [0.2, 0.25) is 11.8 Å². The molecule has 2 aliphatic heterocycles. The van der Waals surface area contributed by atoms with E-state index in [0.717, 1.165) is 57.8 Å². The predicted octanol–water partition coefficient (Wildman–Crippen LogP) is -1.44. The highest BCUT2D eigenvalue weighted by atomic mass is 16.7. The number of rotatable bonds is 21. The Kier molecular flexibility index (Phi) is 18.9. The van der Waals surface area contributed by atoms with E-state index in [1.54, 1.807) is 0 Å². The van der Waals surface area contributed by atoms with E-state index in [1.807, 2.05) is 0 Å². The maximum atomic E-state index is 13.0. The summed E-state index contributed by atoms with van der Waals surface area (Å²) in [6, 6.07) is -1.12. The summed E-state index contributed by atoms with van der Waals surface area (Å²) in [6.07, 6.45) is -5.99. The summed E-state index contributed by atoms with van der Waals surface area (Å²) >= 11 is 0. The van der Waals surface area contributed by atoms with Crippen molar-refractivity contribution >= 4 is 11.8 Å². The van der Waals surface area contributed by atoms with Crippen molar-refractivity contribution in [1.29, 1.82) is 0 Å². The molecule has 0 spiro atoms. The second-order valence-corrected chi connectivity index (χ2v) is 11.8. The van der Waals surface area contributed by atoms with Crippen LogP contribution in [0, 0.1) is 0 Å². The highest BCUT2D eigenvalue weighted by Gasteiger charge is 2.50. The molecular formula is C30H56N2O13. The maximum absolute atomic E-state index is 13.0. The minimum atomic E-state index is -1.79. The Bertz CT molecular complexity index is 836. The molecule has 0 aliphatic carbocycles. The third kappa shape index (κ3) is 12.6. The van der Waals surface area contributed by atoms with E-state index < -0.39 is 93.2 Å². The molecule has 0 radical (unpaired) electrons. The molecule has 0 saturated carbocycles. The van der Waals surface area contributed by atoms with Crippen LogP contribution in [0.25, 0.3) is 0 Å². The summed E-state index contributed by atoms with van der Waals surface area (Å²) in [4.78, 5) is 25.6. The largest absolute Gasteiger partial charge is 0.394 e. The number of hydrogen-bond acceptors (Lipinski definition) is 13. The summed E-state index contributed by atoms with van der Waals surface area (Å²) in [6.45, 7) is 2.76. The number of aliphatic hydroxyl groups is 7. The standard InChI is InChI=1S/C30H56N2O13/c1-3-5-7-9-10-12-14-31-28(41)18(32-21(35)13-11-8-6-4-2)17-42-29-26(40)24(38)27(20(16-34)44-29)45-30-25(39)23(37)22(36)19(15-33)43-30/h18-20,22-27,29-30,33-34,36-40H,3-17H2,1-2H3,(H,31,41)(H,32,35)/t18?,19?,20?,22-,23?,24?,25?,26?,27+,29?,30-/m0/s1. The van der Waals surface area contributed by atoms with E-state index in [9.17, 15) is 45.3 Å². The number of unbranched alkanes of at least 4 members (excludes halogenated alkanes) is 8. The Labute approximate surface area is 265 Å². The lowest BCUT2D eigenvalue weighted by atomic mass is 9.97. The van der Waals surface area contributed by atoms with E-state index in [2.05, 4.69) is 24.5 Å². The van der Waals surface area contributed by atoms with Crippen LogP contribution in [-0.4, -0.2) is 141 Å². The van der Waals surface area contributed by atoms with Crippen molar-refractivity contribution < 1.29 is 64.3 Å². The van der Waals surface area contributed by atoms with Crippen LogP contribution in [0.5, 0.6) is 0 Å². The van der Waals surface area contributed by atoms with Crippen molar-refractivity contribution in [2.24, 2.45) is 0 Å². The van der Waals surface area contributed by atoms with Crippen molar-refractivity contribution in [3.05, 3.63) is 0 Å². The zero-order valence-electron chi connectivity index (χ0n) is 26.5. The van der Waals surface area contributed by atoms with Crippen molar-refractivity contribution in [2.75, 3.05) is 26.4 Å². The third-order valence-electron chi connectivity index (χ3n) is 8.13. The Balaban J connectivity index is 2.01. The Morgan fingerprint density at radius 1 is 0.711 bits per heavy atom. The van der Waals surface area contributed by atoms with Gasteiger partial charge in [-0.3, -0.25) is 9.59 Å². The number of nitrogens with one attached hydrogen (secondary N) is 2. The van der Waals surface area contributed by atoms with E-state index in [-0.39, 0.29) is 12.3 Å². The Hall–Kier alpha value is -1.50. The lowest BCUT2D eigenvalue weighted by Crippen LogP contribution is -2.65. The second-order valence-electron chi connectivity index (χ2n) is 11.8. The van der Waals surface area contributed by atoms with Gasteiger partial charge < -0.3 is 65.3 Å². The number of aliphatic hydroxyl groups excluding tert-OH is 7. The van der Waals surface area contributed by atoms with Crippen molar-refractivity contribution in [2.45, 2.75) is 152 Å². The van der Waals surface area contributed by atoms with Crippen LogP contribution in [0.2, 0.25) is 0 Å². The molecule has 2 saturated heterocycles. The molecule has 0 bridgehead atoms. The number of amides is 2. The van der Waals surface area contributed by atoms with Gasteiger partial charge in [0, 0.05) is 13.0 Å². The first-order valence-electron chi connectivity index (χ1n) is 16.4. The van der Waals surface area contributed by atoms with Crippen LogP contribution in [0.15, 0.2) is 0 Å². The van der Waals surface area contributed by atoms with Gasteiger partial charge in [0.05, 0.1) is 19.8 Å². The van der Waals surface area contributed by atoms with Gasteiger partial charge in [-0.05, 0) is 12.8 Å². The maximum Gasteiger partial charge on any atom is 0.244 e. The fraction of sp³-hybridized carbons (Fsp3) is 0.933. The van der Waals surface area contributed by atoms with Gasteiger partial charge in [0.15, 0.2) is 12.6 Å². The summed E-state index contributed by atoms with van der Waals surface area (Å²) in [5.74, 6) is -0.806. The van der Waals surface area contributed by atoms with Gasteiger partial charge in [-0.15, -0.1) is 0 Å². The molecule has 0 aromatic rings. The van der Waals surface area contributed by atoms with E-state index in [1.165, 1.54) is 0 Å². The summed E-state index contributed by atoms with van der Waals surface area (Å²) in [5, 5.41) is 76.9. The molecule has 2 aliphatic rings. The molecule has 2 heterocycles. The minimum Gasteiger partial charge on any atom is -0.394 e. The monoisotopic (exact) mass is 652 g/mol. The molecule has 15 nitrogen and oxygen atoms in total. The van der Waals surface area contributed by atoms with Crippen molar-refractivity contribution in [3.63, 3.8) is 0 Å². The molecule has 15 heteroatoms. The molecule has 2 rings (SSSR count). The van der Waals surface area contributed by atoms with Crippen molar-refractivity contribution in [1.82, 2.24) is 10.6 Å². The second kappa shape index (κ2) is 21.4. The molecule has 45 heavy (non-hydrogen) atoms. The normalized spacial score (nSPS) is 32.6. The van der Waals surface area contributed by atoms with Crippen LogP contribution < -0.4 is 10.6 Å². The minimum absolute atomic E-state index is 0.228. The van der Waals surface area contributed by atoms with Crippen LogP contribution in [0.3, 0.4) is 0 Å². The predicted molar refractivity (Wildman–Crippen MR) is 159 cm³/mol. The number of hydrogen-bond donors (Lipinski definition) is 9. The lowest BCUT2D eigenvalue weighted by Gasteiger charge is -2.46. The lowest BCUT2D eigenvalue weighted by molar-refractivity contribution is -0.359. The Morgan fingerprint density at radius 3 is 1.93 bits per heavy atom. The molecule has 11 atom stereocenters. The molecule has 8 unspecified atom stereocenters.